The summed E-state index contributed by atoms with van der Waals surface area (Å²) in [6.07, 6.45) is 0.269. The normalized spacial score (nSPS) is 11.7. The largest absolute Gasteiger partial charge is 0.464 e. The van der Waals surface area contributed by atoms with E-state index in [0.717, 1.165) is 11.1 Å². The molecule has 0 heterocycles. The molecule has 1 atom stereocenters. The molecule has 0 saturated carbocycles. The van der Waals surface area contributed by atoms with Crippen molar-refractivity contribution in [2.45, 2.75) is 33.2 Å². The molecule has 0 saturated heterocycles. The van der Waals surface area contributed by atoms with Crippen LogP contribution in [0.25, 0.3) is 0 Å². The standard InChI is InChI=1S/C14H19NO3/c1-4-18-14(17)11(3)15-13(16)9-12-7-5-6-10(2)8-12/h5-8,11H,4,9H2,1-3H3,(H,15,16). The molecule has 1 aromatic rings. The summed E-state index contributed by atoms with van der Waals surface area (Å²) in [4.78, 5) is 23.1. The third kappa shape index (κ3) is 4.57. The average molecular weight is 249 g/mol. The molecule has 0 aromatic heterocycles. The number of aryl methyl sites for hydroxylation is 1. The Morgan fingerprint density at radius 3 is 2.72 bits per heavy atom. The number of esters is 1. The van der Waals surface area contributed by atoms with Gasteiger partial charge < -0.3 is 10.1 Å². The van der Waals surface area contributed by atoms with Gasteiger partial charge in [0.05, 0.1) is 13.0 Å². The van der Waals surface area contributed by atoms with Gasteiger partial charge in [0, 0.05) is 0 Å². The number of benzene rings is 1. The molecule has 0 fully saturated rings. The van der Waals surface area contributed by atoms with Gasteiger partial charge in [-0.2, -0.15) is 0 Å². The van der Waals surface area contributed by atoms with Crippen LogP contribution in [-0.2, 0) is 20.7 Å². The number of rotatable bonds is 5. The van der Waals surface area contributed by atoms with Gasteiger partial charge in [-0.15, -0.1) is 0 Å². The predicted octanol–water partition coefficient (Wildman–Crippen LogP) is 1.61. The van der Waals surface area contributed by atoms with E-state index in [-0.39, 0.29) is 12.3 Å². The second-order valence-electron chi connectivity index (χ2n) is 4.21. The molecule has 0 radical (unpaired) electrons. The number of nitrogens with one attached hydrogen (secondary N) is 1. The summed E-state index contributed by atoms with van der Waals surface area (Å²) in [5, 5.41) is 2.62. The molecular weight excluding hydrogens is 230 g/mol. The summed E-state index contributed by atoms with van der Waals surface area (Å²) in [5.41, 5.74) is 2.04. The Kier molecular flexibility index (Phi) is 5.36. The van der Waals surface area contributed by atoms with E-state index >= 15 is 0 Å². The van der Waals surface area contributed by atoms with Crippen molar-refractivity contribution >= 4 is 11.9 Å². The van der Waals surface area contributed by atoms with Crippen LogP contribution in [0.4, 0.5) is 0 Å². The molecule has 4 heteroatoms. The molecule has 1 unspecified atom stereocenters. The van der Waals surface area contributed by atoms with Crippen LogP contribution in [-0.4, -0.2) is 24.5 Å². The molecule has 1 N–H and O–H groups in total. The summed E-state index contributed by atoms with van der Waals surface area (Å²) in [6, 6.07) is 7.12. The molecule has 98 valence electrons. The maximum Gasteiger partial charge on any atom is 0.328 e. The number of ether oxygens (including phenoxy) is 1. The van der Waals surface area contributed by atoms with E-state index in [4.69, 9.17) is 4.74 Å². The van der Waals surface area contributed by atoms with E-state index in [1.54, 1.807) is 13.8 Å². The Morgan fingerprint density at radius 2 is 2.11 bits per heavy atom. The number of hydrogen-bond donors (Lipinski definition) is 1. The molecule has 0 aliphatic rings. The summed E-state index contributed by atoms with van der Waals surface area (Å²) < 4.78 is 4.82. The number of carbonyl (C=O) groups is 2. The molecule has 1 amide bonds. The lowest BCUT2D eigenvalue weighted by molar-refractivity contribution is -0.146. The first-order valence-electron chi connectivity index (χ1n) is 6.04. The fourth-order valence-electron chi connectivity index (χ4n) is 1.63. The maximum atomic E-state index is 11.7. The van der Waals surface area contributed by atoms with Gasteiger partial charge in [-0.3, -0.25) is 4.79 Å². The predicted molar refractivity (Wildman–Crippen MR) is 69.1 cm³/mol. The Balaban J connectivity index is 2.49. The van der Waals surface area contributed by atoms with Crippen LogP contribution < -0.4 is 5.32 Å². The molecule has 4 nitrogen and oxygen atoms in total. The van der Waals surface area contributed by atoms with Crippen molar-refractivity contribution in [1.29, 1.82) is 0 Å². The zero-order valence-corrected chi connectivity index (χ0v) is 11.0. The van der Waals surface area contributed by atoms with Gasteiger partial charge in [0.25, 0.3) is 0 Å². The van der Waals surface area contributed by atoms with Gasteiger partial charge in [-0.1, -0.05) is 29.8 Å². The van der Waals surface area contributed by atoms with E-state index < -0.39 is 12.0 Å². The average Bonchev–Trinajstić information content (AvgIpc) is 2.28. The minimum Gasteiger partial charge on any atom is -0.464 e. The van der Waals surface area contributed by atoms with Crippen LogP contribution in [0.1, 0.15) is 25.0 Å². The van der Waals surface area contributed by atoms with Crippen LogP contribution in [0.15, 0.2) is 24.3 Å². The molecule has 0 bridgehead atoms. The van der Waals surface area contributed by atoms with E-state index in [2.05, 4.69) is 5.32 Å². The number of hydrogen-bond acceptors (Lipinski definition) is 3. The van der Waals surface area contributed by atoms with E-state index in [9.17, 15) is 9.59 Å². The molecule has 18 heavy (non-hydrogen) atoms. The monoisotopic (exact) mass is 249 g/mol. The van der Waals surface area contributed by atoms with Crippen LogP contribution in [0.5, 0.6) is 0 Å². The van der Waals surface area contributed by atoms with Gasteiger partial charge in [0.15, 0.2) is 0 Å². The first-order chi connectivity index (χ1) is 8.52. The Hall–Kier alpha value is -1.84. The molecule has 1 rings (SSSR count). The van der Waals surface area contributed by atoms with E-state index in [0.29, 0.717) is 6.61 Å². The highest BCUT2D eigenvalue weighted by atomic mass is 16.5. The van der Waals surface area contributed by atoms with Crippen molar-refractivity contribution < 1.29 is 14.3 Å². The SMILES string of the molecule is CCOC(=O)C(C)NC(=O)Cc1cccc(C)c1. The number of carbonyl (C=O) groups excluding carboxylic acids is 2. The Labute approximate surface area is 107 Å². The fourth-order valence-corrected chi connectivity index (χ4v) is 1.63. The summed E-state index contributed by atoms with van der Waals surface area (Å²) in [7, 11) is 0. The van der Waals surface area contributed by atoms with Crippen LogP contribution in [0, 0.1) is 6.92 Å². The lowest BCUT2D eigenvalue weighted by Crippen LogP contribution is -2.40. The quantitative estimate of drug-likeness (QED) is 0.806. The summed E-state index contributed by atoms with van der Waals surface area (Å²) >= 11 is 0. The molecule has 0 aliphatic heterocycles. The van der Waals surface area contributed by atoms with Crippen LogP contribution in [0.3, 0.4) is 0 Å². The third-order valence-corrected chi connectivity index (χ3v) is 2.46. The lowest BCUT2D eigenvalue weighted by atomic mass is 10.1. The Morgan fingerprint density at radius 1 is 1.39 bits per heavy atom. The van der Waals surface area contributed by atoms with E-state index in [1.165, 1.54) is 0 Å². The van der Waals surface area contributed by atoms with Crippen molar-refractivity contribution in [3.63, 3.8) is 0 Å². The molecular formula is C14H19NO3. The zero-order chi connectivity index (χ0) is 13.5. The lowest BCUT2D eigenvalue weighted by Gasteiger charge is -2.12. The van der Waals surface area contributed by atoms with Crippen molar-refractivity contribution in [3.05, 3.63) is 35.4 Å². The van der Waals surface area contributed by atoms with Crippen molar-refractivity contribution in [2.75, 3.05) is 6.61 Å². The van der Waals surface area contributed by atoms with Crippen molar-refractivity contribution in [3.8, 4) is 0 Å². The molecule has 0 aliphatic carbocycles. The van der Waals surface area contributed by atoms with E-state index in [1.807, 2.05) is 31.2 Å². The smallest absolute Gasteiger partial charge is 0.328 e. The highest BCUT2D eigenvalue weighted by molar-refractivity contribution is 5.85. The molecule has 0 spiro atoms. The van der Waals surface area contributed by atoms with Gasteiger partial charge >= 0.3 is 5.97 Å². The Bertz CT molecular complexity index is 429. The molecule has 1 aromatic carbocycles. The minimum absolute atomic E-state index is 0.179. The topological polar surface area (TPSA) is 55.4 Å². The highest BCUT2D eigenvalue weighted by Gasteiger charge is 2.16. The maximum absolute atomic E-state index is 11.7. The second kappa shape index (κ2) is 6.79. The second-order valence-corrected chi connectivity index (χ2v) is 4.21. The first-order valence-corrected chi connectivity index (χ1v) is 6.04. The van der Waals surface area contributed by atoms with Gasteiger partial charge in [-0.05, 0) is 26.3 Å². The summed E-state index contributed by atoms with van der Waals surface area (Å²) in [5.74, 6) is -0.587. The third-order valence-electron chi connectivity index (χ3n) is 2.46. The number of amides is 1. The van der Waals surface area contributed by atoms with Gasteiger partial charge in [-0.25, -0.2) is 4.79 Å². The van der Waals surface area contributed by atoms with Crippen molar-refractivity contribution in [1.82, 2.24) is 5.32 Å². The van der Waals surface area contributed by atoms with Gasteiger partial charge in [0.2, 0.25) is 5.91 Å². The highest BCUT2D eigenvalue weighted by Crippen LogP contribution is 2.04. The minimum atomic E-state index is -0.609. The zero-order valence-electron chi connectivity index (χ0n) is 11.0. The van der Waals surface area contributed by atoms with Gasteiger partial charge in [0.1, 0.15) is 6.04 Å². The first kappa shape index (κ1) is 14.2. The summed E-state index contributed by atoms with van der Waals surface area (Å²) in [6.45, 7) is 5.64. The van der Waals surface area contributed by atoms with Crippen LogP contribution >= 0.6 is 0 Å². The fraction of sp³-hybridized carbons (Fsp3) is 0.429. The van der Waals surface area contributed by atoms with Crippen molar-refractivity contribution in [2.24, 2.45) is 0 Å². The van der Waals surface area contributed by atoms with Crippen LogP contribution in [0.2, 0.25) is 0 Å².